The van der Waals surface area contributed by atoms with E-state index in [1.165, 1.54) is 25.7 Å². The Labute approximate surface area is 121 Å². The van der Waals surface area contributed by atoms with Crippen LogP contribution in [0.1, 0.15) is 37.3 Å². The number of nitrogens with one attached hydrogen (secondary N) is 2. The standard InChI is InChI=1S/C13H19N3OS2/c17-12(8-18-10-3-5-14-6-4-10)16-13-15-11(7-19-13)9-1-2-9/h7,9-10,14H,1-6,8H2,(H,15,16,17). The van der Waals surface area contributed by atoms with Crippen molar-refractivity contribution in [3.63, 3.8) is 0 Å². The van der Waals surface area contributed by atoms with Crippen molar-refractivity contribution in [1.29, 1.82) is 0 Å². The van der Waals surface area contributed by atoms with Crippen molar-refractivity contribution < 1.29 is 4.79 Å². The zero-order valence-electron chi connectivity index (χ0n) is 10.9. The summed E-state index contributed by atoms with van der Waals surface area (Å²) < 4.78 is 0. The van der Waals surface area contributed by atoms with Crippen LogP contribution >= 0.6 is 23.1 Å². The largest absolute Gasteiger partial charge is 0.317 e. The molecule has 4 nitrogen and oxygen atoms in total. The van der Waals surface area contributed by atoms with E-state index < -0.39 is 0 Å². The molecule has 0 aromatic carbocycles. The van der Waals surface area contributed by atoms with Crippen molar-refractivity contribution in [2.45, 2.75) is 36.9 Å². The fraction of sp³-hybridized carbons (Fsp3) is 0.692. The molecule has 6 heteroatoms. The van der Waals surface area contributed by atoms with Crippen LogP contribution in [0, 0.1) is 0 Å². The maximum Gasteiger partial charge on any atom is 0.236 e. The summed E-state index contributed by atoms with van der Waals surface area (Å²) in [5.41, 5.74) is 1.16. The van der Waals surface area contributed by atoms with Crippen LogP contribution in [-0.2, 0) is 4.79 Å². The van der Waals surface area contributed by atoms with Gasteiger partial charge in [0.25, 0.3) is 0 Å². The van der Waals surface area contributed by atoms with E-state index in [0.717, 1.165) is 23.9 Å². The molecule has 19 heavy (non-hydrogen) atoms. The fourth-order valence-corrected chi connectivity index (χ4v) is 4.06. The van der Waals surface area contributed by atoms with Crippen LogP contribution in [0.15, 0.2) is 5.38 Å². The number of aromatic nitrogens is 1. The van der Waals surface area contributed by atoms with Crippen LogP contribution in [-0.4, -0.2) is 35.0 Å². The normalized spacial score (nSPS) is 20.4. The Balaban J connectivity index is 1.42. The lowest BCUT2D eigenvalue weighted by molar-refractivity contribution is -0.113. The fourth-order valence-electron chi connectivity index (χ4n) is 2.22. The lowest BCUT2D eigenvalue weighted by atomic mass is 10.2. The Morgan fingerprint density at radius 1 is 1.42 bits per heavy atom. The number of carbonyl (C=O) groups excluding carboxylic acids is 1. The van der Waals surface area contributed by atoms with E-state index in [1.54, 1.807) is 23.1 Å². The number of piperidine rings is 1. The molecule has 2 heterocycles. The maximum atomic E-state index is 11.9. The lowest BCUT2D eigenvalue weighted by Crippen LogP contribution is -2.30. The molecule has 0 unspecified atom stereocenters. The predicted molar refractivity (Wildman–Crippen MR) is 81.1 cm³/mol. The first-order chi connectivity index (χ1) is 9.31. The molecule has 104 valence electrons. The molecule has 1 saturated heterocycles. The molecule has 1 saturated carbocycles. The minimum absolute atomic E-state index is 0.0835. The van der Waals surface area contributed by atoms with Crippen molar-refractivity contribution in [2.75, 3.05) is 24.2 Å². The molecule has 2 N–H and O–H groups in total. The van der Waals surface area contributed by atoms with Gasteiger partial charge >= 0.3 is 0 Å². The lowest BCUT2D eigenvalue weighted by Gasteiger charge is -2.21. The minimum atomic E-state index is 0.0835. The molecule has 0 bridgehead atoms. The molecule has 0 radical (unpaired) electrons. The third kappa shape index (κ3) is 3.94. The van der Waals surface area contributed by atoms with Gasteiger partial charge in [0.05, 0.1) is 11.4 Å². The molecule has 1 aliphatic carbocycles. The van der Waals surface area contributed by atoms with Gasteiger partial charge in [0.2, 0.25) is 5.91 Å². The number of nitrogens with zero attached hydrogens (tertiary/aromatic N) is 1. The van der Waals surface area contributed by atoms with Crippen LogP contribution in [0.3, 0.4) is 0 Å². The second kappa shape index (κ2) is 6.24. The smallest absolute Gasteiger partial charge is 0.236 e. The summed E-state index contributed by atoms with van der Waals surface area (Å²) in [6, 6.07) is 0. The van der Waals surface area contributed by atoms with Gasteiger partial charge in [0.1, 0.15) is 0 Å². The van der Waals surface area contributed by atoms with Gasteiger partial charge in [-0.1, -0.05) is 0 Å². The van der Waals surface area contributed by atoms with Gasteiger partial charge in [-0.15, -0.1) is 23.1 Å². The van der Waals surface area contributed by atoms with E-state index in [0.29, 0.717) is 16.9 Å². The number of amides is 1. The van der Waals surface area contributed by atoms with Gasteiger partial charge in [0.15, 0.2) is 5.13 Å². The summed E-state index contributed by atoms with van der Waals surface area (Å²) in [6.45, 7) is 2.16. The second-order valence-electron chi connectivity index (χ2n) is 5.16. The van der Waals surface area contributed by atoms with Crippen molar-refractivity contribution in [3.8, 4) is 0 Å². The highest BCUT2D eigenvalue weighted by Gasteiger charge is 2.26. The number of hydrogen-bond acceptors (Lipinski definition) is 5. The van der Waals surface area contributed by atoms with E-state index in [-0.39, 0.29) is 5.91 Å². The van der Waals surface area contributed by atoms with Crippen molar-refractivity contribution in [1.82, 2.24) is 10.3 Å². The number of hydrogen-bond donors (Lipinski definition) is 2. The van der Waals surface area contributed by atoms with Crippen molar-refractivity contribution in [2.24, 2.45) is 0 Å². The number of carbonyl (C=O) groups is 1. The predicted octanol–water partition coefficient (Wildman–Crippen LogP) is 2.44. The van der Waals surface area contributed by atoms with E-state index >= 15 is 0 Å². The average molecular weight is 297 g/mol. The number of rotatable bonds is 5. The first kappa shape index (κ1) is 13.4. The molecule has 1 amide bonds. The van der Waals surface area contributed by atoms with Gasteiger partial charge in [-0.2, -0.15) is 0 Å². The first-order valence-electron chi connectivity index (χ1n) is 6.89. The number of thiazole rings is 1. The summed E-state index contributed by atoms with van der Waals surface area (Å²) in [7, 11) is 0. The zero-order chi connectivity index (χ0) is 13.1. The van der Waals surface area contributed by atoms with Gasteiger partial charge in [0, 0.05) is 16.5 Å². The zero-order valence-corrected chi connectivity index (χ0v) is 12.5. The monoisotopic (exact) mass is 297 g/mol. The van der Waals surface area contributed by atoms with Crippen LogP contribution in [0.4, 0.5) is 5.13 Å². The van der Waals surface area contributed by atoms with E-state index in [4.69, 9.17) is 0 Å². The van der Waals surface area contributed by atoms with E-state index in [2.05, 4.69) is 21.0 Å². The summed E-state index contributed by atoms with van der Waals surface area (Å²) >= 11 is 3.32. The van der Waals surface area contributed by atoms with Gasteiger partial charge in [-0.3, -0.25) is 4.79 Å². The van der Waals surface area contributed by atoms with Gasteiger partial charge in [-0.05, 0) is 38.8 Å². The summed E-state index contributed by atoms with van der Waals surface area (Å²) in [5.74, 6) is 1.29. The van der Waals surface area contributed by atoms with E-state index in [1.807, 2.05) is 0 Å². The molecule has 1 aromatic heterocycles. The molecular weight excluding hydrogens is 278 g/mol. The third-order valence-corrected chi connectivity index (χ3v) is 5.65. The quantitative estimate of drug-likeness (QED) is 0.876. The first-order valence-corrected chi connectivity index (χ1v) is 8.81. The Kier molecular flexibility index (Phi) is 4.40. The molecule has 1 aromatic rings. The Morgan fingerprint density at radius 2 is 2.21 bits per heavy atom. The minimum Gasteiger partial charge on any atom is -0.317 e. The summed E-state index contributed by atoms with van der Waals surface area (Å²) in [4.78, 5) is 16.3. The van der Waals surface area contributed by atoms with Crippen LogP contribution in [0.5, 0.6) is 0 Å². The van der Waals surface area contributed by atoms with Crippen molar-refractivity contribution >= 4 is 34.1 Å². The van der Waals surface area contributed by atoms with Gasteiger partial charge < -0.3 is 10.6 Å². The molecular formula is C13H19N3OS2. The van der Waals surface area contributed by atoms with Crippen LogP contribution in [0.25, 0.3) is 0 Å². The highest BCUT2D eigenvalue weighted by Crippen LogP contribution is 2.40. The van der Waals surface area contributed by atoms with Crippen LogP contribution < -0.4 is 10.6 Å². The van der Waals surface area contributed by atoms with E-state index in [9.17, 15) is 4.79 Å². The molecule has 0 spiro atoms. The Morgan fingerprint density at radius 3 is 2.95 bits per heavy atom. The van der Waals surface area contributed by atoms with Crippen molar-refractivity contribution in [3.05, 3.63) is 11.1 Å². The Hall–Kier alpha value is -0.590. The molecule has 2 aliphatic rings. The number of anilines is 1. The third-order valence-electron chi connectivity index (χ3n) is 3.50. The highest BCUT2D eigenvalue weighted by atomic mass is 32.2. The highest BCUT2D eigenvalue weighted by molar-refractivity contribution is 8.00. The number of thioether (sulfide) groups is 1. The molecule has 2 fully saturated rings. The summed E-state index contributed by atoms with van der Waals surface area (Å²) in [5, 5.41) is 9.72. The Bertz CT molecular complexity index is 439. The average Bonchev–Trinajstić information content (AvgIpc) is 3.19. The van der Waals surface area contributed by atoms with Crippen LogP contribution in [0.2, 0.25) is 0 Å². The second-order valence-corrected chi connectivity index (χ2v) is 7.31. The maximum absolute atomic E-state index is 11.9. The molecule has 3 rings (SSSR count). The summed E-state index contributed by atoms with van der Waals surface area (Å²) in [6.07, 6.45) is 4.84. The molecule has 0 atom stereocenters. The topological polar surface area (TPSA) is 54.0 Å². The molecule has 1 aliphatic heterocycles. The van der Waals surface area contributed by atoms with Gasteiger partial charge in [-0.25, -0.2) is 4.98 Å². The SMILES string of the molecule is O=C(CSC1CCNCC1)Nc1nc(C2CC2)cs1.